The van der Waals surface area contributed by atoms with E-state index in [0.717, 1.165) is 37.6 Å². The minimum absolute atomic E-state index is 0.102. The van der Waals surface area contributed by atoms with Gasteiger partial charge in [0.25, 0.3) is 0 Å². The molecule has 0 atom stereocenters. The Morgan fingerprint density at radius 2 is 2.21 bits per heavy atom. The SMILES string of the molecule is Cc1nn(C)cc1CN1CCc2n[nH]c(=O)n2CC1. The fourth-order valence-electron chi connectivity index (χ4n) is 2.59. The molecular formula is C12H18N6O. The number of nitrogens with zero attached hydrogens (tertiary/aromatic N) is 5. The van der Waals surface area contributed by atoms with Crippen LogP contribution in [0.4, 0.5) is 0 Å². The summed E-state index contributed by atoms with van der Waals surface area (Å²) in [6, 6.07) is 0. The molecule has 0 aromatic carbocycles. The molecule has 3 rings (SSSR count). The Hall–Kier alpha value is -1.89. The van der Waals surface area contributed by atoms with Gasteiger partial charge in [-0.05, 0) is 6.92 Å². The third kappa shape index (κ3) is 2.33. The number of aryl methyl sites for hydroxylation is 2. The molecule has 2 aromatic heterocycles. The Labute approximate surface area is 110 Å². The summed E-state index contributed by atoms with van der Waals surface area (Å²) in [6.07, 6.45) is 2.86. The highest BCUT2D eigenvalue weighted by Gasteiger charge is 2.17. The molecule has 3 heterocycles. The lowest BCUT2D eigenvalue weighted by atomic mass is 10.2. The minimum atomic E-state index is -0.102. The first-order valence-corrected chi connectivity index (χ1v) is 6.49. The standard InChI is InChI=1S/C12H18N6O/c1-9-10(7-16(2)15-9)8-17-4-3-11-13-14-12(19)18(11)6-5-17/h7H,3-6,8H2,1-2H3,(H,14,19). The Kier molecular flexibility index (Phi) is 2.98. The highest BCUT2D eigenvalue weighted by Crippen LogP contribution is 2.11. The van der Waals surface area contributed by atoms with Gasteiger partial charge < -0.3 is 0 Å². The molecule has 1 N–H and O–H groups in total. The Balaban J connectivity index is 1.72. The van der Waals surface area contributed by atoms with E-state index in [4.69, 9.17) is 0 Å². The van der Waals surface area contributed by atoms with E-state index in [0.29, 0.717) is 6.54 Å². The van der Waals surface area contributed by atoms with Crippen molar-refractivity contribution in [3.63, 3.8) is 0 Å². The molecule has 0 radical (unpaired) electrons. The Morgan fingerprint density at radius 1 is 1.37 bits per heavy atom. The summed E-state index contributed by atoms with van der Waals surface area (Å²) >= 11 is 0. The summed E-state index contributed by atoms with van der Waals surface area (Å²) in [5, 5.41) is 10.9. The number of aromatic nitrogens is 5. The van der Waals surface area contributed by atoms with Crippen molar-refractivity contribution >= 4 is 0 Å². The van der Waals surface area contributed by atoms with E-state index < -0.39 is 0 Å². The van der Waals surface area contributed by atoms with E-state index >= 15 is 0 Å². The van der Waals surface area contributed by atoms with E-state index in [1.807, 2.05) is 18.7 Å². The molecular weight excluding hydrogens is 244 g/mol. The van der Waals surface area contributed by atoms with Crippen LogP contribution in [0.2, 0.25) is 0 Å². The number of H-pyrrole nitrogens is 1. The molecule has 0 saturated heterocycles. The molecule has 0 fully saturated rings. The molecule has 0 bridgehead atoms. The molecule has 7 nitrogen and oxygen atoms in total. The van der Waals surface area contributed by atoms with Gasteiger partial charge in [-0.15, -0.1) is 0 Å². The van der Waals surface area contributed by atoms with Crippen molar-refractivity contribution in [1.29, 1.82) is 0 Å². The van der Waals surface area contributed by atoms with Crippen LogP contribution in [0, 0.1) is 6.92 Å². The molecule has 0 saturated carbocycles. The molecule has 0 spiro atoms. The van der Waals surface area contributed by atoms with Crippen molar-refractivity contribution in [3.05, 3.63) is 33.8 Å². The molecule has 2 aromatic rings. The molecule has 7 heteroatoms. The predicted molar refractivity (Wildman–Crippen MR) is 69.8 cm³/mol. The second-order valence-electron chi connectivity index (χ2n) is 5.04. The molecule has 102 valence electrons. The second kappa shape index (κ2) is 4.65. The van der Waals surface area contributed by atoms with Gasteiger partial charge >= 0.3 is 5.69 Å². The Morgan fingerprint density at radius 3 is 2.95 bits per heavy atom. The normalized spacial score (nSPS) is 16.3. The van der Waals surface area contributed by atoms with Gasteiger partial charge in [0.2, 0.25) is 0 Å². The highest BCUT2D eigenvalue weighted by molar-refractivity contribution is 5.15. The summed E-state index contributed by atoms with van der Waals surface area (Å²) in [5.41, 5.74) is 2.22. The van der Waals surface area contributed by atoms with Crippen molar-refractivity contribution in [3.8, 4) is 0 Å². The zero-order valence-corrected chi connectivity index (χ0v) is 11.3. The zero-order chi connectivity index (χ0) is 13.4. The van der Waals surface area contributed by atoms with Crippen LogP contribution >= 0.6 is 0 Å². The number of nitrogens with one attached hydrogen (secondary N) is 1. The largest absolute Gasteiger partial charge is 0.343 e. The van der Waals surface area contributed by atoms with Crippen LogP contribution < -0.4 is 5.69 Å². The number of rotatable bonds is 2. The van der Waals surface area contributed by atoms with Crippen LogP contribution in [-0.4, -0.2) is 42.5 Å². The fourth-order valence-corrected chi connectivity index (χ4v) is 2.59. The highest BCUT2D eigenvalue weighted by atomic mass is 16.1. The quantitative estimate of drug-likeness (QED) is 0.804. The summed E-state index contributed by atoms with van der Waals surface area (Å²) in [5.74, 6) is 0.857. The maximum atomic E-state index is 11.6. The van der Waals surface area contributed by atoms with Crippen LogP contribution in [0.15, 0.2) is 11.0 Å². The van der Waals surface area contributed by atoms with Gasteiger partial charge in [-0.1, -0.05) is 0 Å². The first-order valence-electron chi connectivity index (χ1n) is 6.49. The lowest BCUT2D eigenvalue weighted by Crippen LogP contribution is -2.28. The van der Waals surface area contributed by atoms with Crippen molar-refractivity contribution < 1.29 is 0 Å². The van der Waals surface area contributed by atoms with E-state index in [9.17, 15) is 4.79 Å². The summed E-state index contributed by atoms with van der Waals surface area (Å²) in [6.45, 7) is 5.38. The number of hydrogen-bond acceptors (Lipinski definition) is 4. The van der Waals surface area contributed by atoms with Gasteiger partial charge in [-0.25, -0.2) is 9.89 Å². The lowest BCUT2D eigenvalue weighted by Gasteiger charge is -2.18. The molecule has 0 aliphatic carbocycles. The van der Waals surface area contributed by atoms with Gasteiger partial charge in [-0.2, -0.15) is 10.2 Å². The van der Waals surface area contributed by atoms with Gasteiger partial charge in [0.05, 0.1) is 5.69 Å². The zero-order valence-electron chi connectivity index (χ0n) is 11.3. The van der Waals surface area contributed by atoms with Crippen LogP contribution in [0.3, 0.4) is 0 Å². The monoisotopic (exact) mass is 262 g/mol. The van der Waals surface area contributed by atoms with Gasteiger partial charge in [0, 0.05) is 51.4 Å². The number of hydrogen-bond donors (Lipinski definition) is 1. The topological polar surface area (TPSA) is 71.7 Å². The van der Waals surface area contributed by atoms with E-state index in [-0.39, 0.29) is 5.69 Å². The minimum Gasteiger partial charge on any atom is -0.297 e. The maximum absolute atomic E-state index is 11.6. The van der Waals surface area contributed by atoms with Crippen molar-refractivity contribution in [2.75, 3.05) is 13.1 Å². The fraction of sp³-hybridized carbons (Fsp3) is 0.583. The summed E-state index contributed by atoms with van der Waals surface area (Å²) < 4.78 is 3.58. The average Bonchev–Trinajstić information content (AvgIpc) is 2.79. The van der Waals surface area contributed by atoms with E-state index in [2.05, 4.69) is 26.4 Å². The van der Waals surface area contributed by atoms with E-state index in [1.165, 1.54) is 5.56 Å². The second-order valence-corrected chi connectivity index (χ2v) is 5.04. The van der Waals surface area contributed by atoms with Gasteiger partial charge in [0.15, 0.2) is 0 Å². The average molecular weight is 262 g/mol. The molecule has 1 aliphatic rings. The van der Waals surface area contributed by atoms with Crippen molar-refractivity contribution in [2.45, 2.75) is 26.4 Å². The van der Waals surface area contributed by atoms with Gasteiger partial charge in [0.1, 0.15) is 5.82 Å². The van der Waals surface area contributed by atoms with Crippen LogP contribution in [0.25, 0.3) is 0 Å². The first-order chi connectivity index (χ1) is 9.13. The first kappa shape index (κ1) is 12.2. The maximum Gasteiger partial charge on any atom is 0.343 e. The van der Waals surface area contributed by atoms with Crippen molar-refractivity contribution in [2.24, 2.45) is 7.05 Å². The smallest absolute Gasteiger partial charge is 0.297 e. The van der Waals surface area contributed by atoms with Crippen molar-refractivity contribution in [1.82, 2.24) is 29.4 Å². The number of aromatic amines is 1. The predicted octanol–water partition coefficient (Wildman–Crippen LogP) is -0.328. The molecule has 0 amide bonds. The summed E-state index contributed by atoms with van der Waals surface area (Å²) in [4.78, 5) is 13.9. The van der Waals surface area contributed by atoms with E-state index in [1.54, 1.807) is 4.57 Å². The van der Waals surface area contributed by atoms with Gasteiger partial charge in [-0.3, -0.25) is 14.1 Å². The lowest BCUT2D eigenvalue weighted by molar-refractivity contribution is 0.270. The third-order valence-electron chi connectivity index (χ3n) is 3.64. The van der Waals surface area contributed by atoms with Crippen LogP contribution in [0.1, 0.15) is 17.1 Å². The Bertz CT molecular complexity index is 637. The van der Waals surface area contributed by atoms with Crippen LogP contribution in [-0.2, 0) is 26.6 Å². The molecule has 0 unspecified atom stereocenters. The molecule has 1 aliphatic heterocycles. The van der Waals surface area contributed by atoms with Crippen LogP contribution in [0.5, 0.6) is 0 Å². The molecule has 19 heavy (non-hydrogen) atoms. The number of fused-ring (bicyclic) bond motifs is 1. The third-order valence-corrected chi connectivity index (χ3v) is 3.64. The summed E-state index contributed by atoms with van der Waals surface area (Å²) in [7, 11) is 1.94.